The lowest BCUT2D eigenvalue weighted by atomic mass is 10.0. The maximum absolute atomic E-state index is 11.6. The van der Waals surface area contributed by atoms with Crippen molar-refractivity contribution in [3.05, 3.63) is 35.9 Å². The smallest absolute Gasteiger partial charge is 0.221 e. The minimum absolute atomic E-state index is 0. The molecule has 0 heterocycles. The molecule has 4 nitrogen and oxygen atoms in total. The standard InChI is InChI=1S/C14H22N2O2.ClH/c1-2-6-12(17)10-16-14(18)9-13(15)11-7-4-3-5-8-11;/h3-5,7-8,12-13,17H,2,6,9-10,15H2,1H3,(H,16,18);1H. The summed E-state index contributed by atoms with van der Waals surface area (Å²) < 4.78 is 0. The zero-order valence-electron chi connectivity index (χ0n) is 11.2. The Bertz CT molecular complexity index is 360. The lowest BCUT2D eigenvalue weighted by molar-refractivity contribution is -0.121. The van der Waals surface area contributed by atoms with E-state index < -0.39 is 6.10 Å². The Labute approximate surface area is 120 Å². The average molecular weight is 287 g/mol. The van der Waals surface area contributed by atoms with Crippen molar-refractivity contribution in [1.82, 2.24) is 5.32 Å². The number of halogens is 1. The molecule has 5 heteroatoms. The summed E-state index contributed by atoms with van der Waals surface area (Å²) >= 11 is 0. The zero-order chi connectivity index (χ0) is 13.4. The molecule has 2 unspecified atom stereocenters. The first-order valence-electron chi connectivity index (χ1n) is 6.38. The number of nitrogens with one attached hydrogen (secondary N) is 1. The van der Waals surface area contributed by atoms with Crippen LogP contribution in [0, 0.1) is 0 Å². The van der Waals surface area contributed by atoms with Crippen molar-refractivity contribution in [2.24, 2.45) is 5.73 Å². The molecule has 0 aromatic heterocycles. The van der Waals surface area contributed by atoms with Crippen LogP contribution in [-0.2, 0) is 4.79 Å². The first-order chi connectivity index (χ1) is 8.63. The van der Waals surface area contributed by atoms with Crippen LogP contribution < -0.4 is 11.1 Å². The number of amides is 1. The van der Waals surface area contributed by atoms with Gasteiger partial charge in [0, 0.05) is 19.0 Å². The largest absolute Gasteiger partial charge is 0.391 e. The second-order valence-corrected chi connectivity index (χ2v) is 4.47. The molecule has 0 radical (unpaired) electrons. The Kier molecular flexibility index (Phi) is 9.21. The highest BCUT2D eigenvalue weighted by atomic mass is 35.5. The van der Waals surface area contributed by atoms with Crippen molar-refractivity contribution in [3.8, 4) is 0 Å². The molecule has 0 bridgehead atoms. The van der Waals surface area contributed by atoms with Crippen LogP contribution in [0.25, 0.3) is 0 Å². The Morgan fingerprint density at radius 2 is 2.00 bits per heavy atom. The summed E-state index contributed by atoms with van der Waals surface area (Å²) in [4.78, 5) is 11.6. The molecule has 108 valence electrons. The Balaban J connectivity index is 0.00000324. The van der Waals surface area contributed by atoms with E-state index in [-0.39, 0.29) is 30.8 Å². The Hall–Kier alpha value is -1.10. The molecule has 19 heavy (non-hydrogen) atoms. The van der Waals surface area contributed by atoms with Crippen molar-refractivity contribution in [2.75, 3.05) is 6.54 Å². The van der Waals surface area contributed by atoms with Gasteiger partial charge in [0.2, 0.25) is 5.91 Å². The molecule has 0 aliphatic carbocycles. The predicted molar refractivity (Wildman–Crippen MR) is 79.2 cm³/mol. The van der Waals surface area contributed by atoms with E-state index in [1.165, 1.54) is 0 Å². The molecule has 1 amide bonds. The molecule has 1 aromatic carbocycles. The van der Waals surface area contributed by atoms with Crippen LogP contribution in [0.5, 0.6) is 0 Å². The van der Waals surface area contributed by atoms with Gasteiger partial charge in [-0.25, -0.2) is 0 Å². The van der Waals surface area contributed by atoms with Crippen LogP contribution in [0.1, 0.15) is 37.8 Å². The van der Waals surface area contributed by atoms with E-state index in [2.05, 4.69) is 5.32 Å². The first kappa shape index (κ1) is 17.9. The first-order valence-corrected chi connectivity index (χ1v) is 6.38. The number of carbonyl (C=O) groups excluding carboxylic acids is 1. The molecule has 4 N–H and O–H groups in total. The Morgan fingerprint density at radius 1 is 1.37 bits per heavy atom. The molecule has 0 saturated carbocycles. The van der Waals surface area contributed by atoms with Gasteiger partial charge in [0.05, 0.1) is 6.10 Å². The minimum Gasteiger partial charge on any atom is -0.391 e. The molecular formula is C14H23ClN2O2. The maximum Gasteiger partial charge on any atom is 0.221 e. The number of nitrogens with two attached hydrogens (primary N) is 1. The van der Waals surface area contributed by atoms with Crippen molar-refractivity contribution >= 4 is 18.3 Å². The van der Waals surface area contributed by atoms with Gasteiger partial charge in [-0.05, 0) is 12.0 Å². The third kappa shape index (κ3) is 7.15. The molecule has 0 aliphatic heterocycles. The molecule has 0 aliphatic rings. The normalized spacial score (nSPS) is 13.2. The third-order valence-corrected chi connectivity index (χ3v) is 2.79. The number of rotatable bonds is 7. The monoisotopic (exact) mass is 286 g/mol. The minimum atomic E-state index is -0.466. The number of aliphatic hydroxyl groups is 1. The van der Waals surface area contributed by atoms with Crippen LogP contribution in [0.4, 0.5) is 0 Å². The fraction of sp³-hybridized carbons (Fsp3) is 0.500. The molecule has 0 spiro atoms. The van der Waals surface area contributed by atoms with Crippen LogP contribution >= 0.6 is 12.4 Å². The summed E-state index contributed by atoms with van der Waals surface area (Å²) in [6.07, 6.45) is 1.38. The summed E-state index contributed by atoms with van der Waals surface area (Å²) in [5.74, 6) is -0.124. The molecular weight excluding hydrogens is 264 g/mol. The molecule has 0 fully saturated rings. The van der Waals surface area contributed by atoms with Gasteiger partial charge in [-0.1, -0.05) is 43.7 Å². The predicted octanol–water partition coefficient (Wildman–Crippen LogP) is 1.78. The van der Waals surface area contributed by atoms with Gasteiger partial charge in [0.15, 0.2) is 0 Å². The second kappa shape index (κ2) is 9.78. The lowest BCUT2D eigenvalue weighted by Gasteiger charge is -2.14. The average Bonchev–Trinajstić information content (AvgIpc) is 2.38. The van der Waals surface area contributed by atoms with E-state index in [1.54, 1.807) is 0 Å². The summed E-state index contributed by atoms with van der Waals surface area (Å²) in [5, 5.41) is 12.2. The molecule has 1 aromatic rings. The number of aliphatic hydroxyl groups excluding tert-OH is 1. The van der Waals surface area contributed by atoms with Gasteiger partial charge >= 0.3 is 0 Å². The maximum atomic E-state index is 11.6. The SMILES string of the molecule is CCCC(O)CNC(=O)CC(N)c1ccccc1.Cl. The number of benzene rings is 1. The van der Waals surface area contributed by atoms with Gasteiger partial charge in [-0.2, -0.15) is 0 Å². The molecule has 0 saturated heterocycles. The van der Waals surface area contributed by atoms with E-state index in [0.717, 1.165) is 12.0 Å². The third-order valence-electron chi connectivity index (χ3n) is 2.79. The van der Waals surface area contributed by atoms with E-state index in [9.17, 15) is 9.90 Å². The summed E-state index contributed by atoms with van der Waals surface area (Å²) in [7, 11) is 0. The number of hydrogen-bond donors (Lipinski definition) is 3. The van der Waals surface area contributed by atoms with Gasteiger partial charge in [-0.3, -0.25) is 4.79 Å². The van der Waals surface area contributed by atoms with Gasteiger partial charge < -0.3 is 16.2 Å². The highest BCUT2D eigenvalue weighted by Crippen LogP contribution is 2.12. The number of carbonyl (C=O) groups is 1. The second-order valence-electron chi connectivity index (χ2n) is 4.47. The highest BCUT2D eigenvalue weighted by molar-refractivity contribution is 5.85. The van der Waals surface area contributed by atoms with Crippen LogP contribution in [-0.4, -0.2) is 23.7 Å². The van der Waals surface area contributed by atoms with Crippen molar-refractivity contribution in [2.45, 2.75) is 38.3 Å². The lowest BCUT2D eigenvalue weighted by Crippen LogP contribution is -2.33. The van der Waals surface area contributed by atoms with Gasteiger partial charge in [0.25, 0.3) is 0 Å². The summed E-state index contributed by atoms with van der Waals surface area (Å²) in [6.45, 7) is 2.30. The van der Waals surface area contributed by atoms with E-state index >= 15 is 0 Å². The van der Waals surface area contributed by atoms with Crippen molar-refractivity contribution in [1.29, 1.82) is 0 Å². The van der Waals surface area contributed by atoms with Crippen molar-refractivity contribution in [3.63, 3.8) is 0 Å². The van der Waals surface area contributed by atoms with E-state index in [4.69, 9.17) is 5.73 Å². The zero-order valence-corrected chi connectivity index (χ0v) is 12.0. The van der Waals surface area contributed by atoms with Crippen molar-refractivity contribution < 1.29 is 9.90 Å². The summed E-state index contributed by atoms with van der Waals surface area (Å²) in [5.41, 5.74) is 6.88. The summed E-state index contributed by atoms with van der Waals surface area (Å²) in [6, 6.07) is 9.23. The van der Waals surface area contributed by atoms with Gasteiger partial charge in [-0.15, -0.1) is 12.4 Å². The Morgan fingerprint density at radius 3 is 2.58 bits per heavy atom. The fourth-order valence-corrected chi connectivity index (χ4v) is 1.76. The van der Waals surface area contributed by atoms with E-state index in [0.29, 0.717) is 13.0 Å². The quantitative estimate of drug-likeness (QED) is 0.715. The van der Waals surface area contributed by atoms with Crippen LogP contribution in [0.2, 0.25) is 0 Å². The molecule has 2 atom stereocenters. The number of hydrogen-bond acceptors (Lipinski definition) is 3. The highest BCUT2D eigenvalue weighted by Gasteiger charge is 2.12. The van der Waals surface area contributed by atoms with Gasteiger partial charge in [0.1, 0.15) is 0 Å². The molecule has 1 rings (SSSR count). The fourth-order valence-electron chi connectivity index (χ4n) is 1.76. The topological polar surface area (TPSA) is 75.3 Å². The van der Waals surface area contributed by atoms with Crippen LogP contribution in [0.3, 0.4) is 0 Å². The van der Waals surface area contributed by atoms with Crippen LogP contribution in [0.15, 0.2) is 30.3 Å². The van der Waals surface area contributed by atoms with E-state index in [1.807, 2.05) is 37.3 Å².